The minimum absolute atomic E-state index is 0.412. The predicted octanol–water partition coefficient (Wildman–Crippen LogP) is 3.49. The number of rotatable bonds is 3. The Kier molecular flexibility index (Phi) is 3.17. The van der Waals surface area contributed by atoms with Gasteiger partial charge in [-0.3, -0.25) is 4.68 Å². The van der Waals surface area contributed by atoms with Crippen molar-refractivity contribution in [2.24, 2.45) is 5.41 Å². The van der Waals surface area contributed by atoms with E-state index in [9.17, 15) is 0 Å². The van der Waals surface area contributed by atoms with Crippen molar-refractivity contribution in [1.29, 1.82) is 0 Å². The molecule has 4 heteroatoms. The van der Waals surface area contributed by atoms with Gasteiger partial charge in [0.2, 0.25) is 0 Å². The van der Waals surface area contributed by atoms with Crippen LogP contribution >= 0.6 is 27.5 Å². The fourth-order valence-corrected chi connectivity index (χ4v) is 3.12. The van der Waals surface area contributed by atoms with Gasteiger partial charge in [-0.1, -0.05) is 40.4 Å². The van der Waals surface area contributed by atoms with Crippen LogP contribution in [0.2, 0.25) is 5.02 Å². The lowest BCUT2D eigenvalue weighted by Gasteiger charge is -2.26. The molecule has 1 heterocycles. The summed E-state index contributed by atoms with van der Waals surface area (Å²) in [6.45, 7) is 0.991. The Hall–Kier alpha value is -0.0200. The van der Waals surface area contributed by atoms with E-state index in [0.717, 1.165) is 16.9 Å². The monoisotopic (exact) mass is 276 g/mol. The van der Waals surface area contributed by atoms with Crippen LogP contribution in [-0.4, -0.2) is 15.1 Å². The van der Waals surface area contributed by atoms with Crippen molar-refractivity contribution in [1.82, 2.24) is 9.78 Å². The van der Waals surface area contributed by atoms with Crippen LogP contribution in [0.25, 0.3) is 0 Å². The Morgan fingerprint density at radius 2 is 2.21 bits per heavy atom. The van der Waals surface area contributed by atoms with E-state index >= 15 is 0 Å². The van der Waals surface area contributed by atoms with Crippen molar-refractivity contribution in [2.45, 2.75) is 32.2 Å². The quantitative estimate of drug-likeness (QED) is 0.773. The molecule has 0 amide bonds. The first-order valence-corrected chi connectivity index (χ1v) is 6.48. The molecule has 0 atom stereocenters. The van der Waals surface area contributed by atoms with Gasteiger partial charge in [0.15, 0.2) is 0 Å². The molecule has 0 saturated heterocycles. The van der Waals surface area contributed by atoms with Crippen LogP contribution in [0.3, 0.4) is 0 Å². The average Bonchev–Trinajstić information content (AvgIpc) is 2.77. The number of hydrogen-bond donors (Lipinski definition) is 0. The summed E-state index contributed by atoms with van der Waals surface area (Å²) in [5, 5.41) is 6.03. The summed E-state index contributed by atoms with van der Waals surface area (Å²) in [4.78, 5) is 0. The zero-order valence-electron chi connectivity index (χ0n) is 8.05. The number of hydrogen-bond acceptors (Lipinski definition) is 1. The maximum absolute atomic E-state index is 5.84. The number of nitrogens with zero attached hydrogens (tertiary/aromatic N) is 2. The van der Waals surface area contributed by atoms with Crippen molar-refractivity contribution in [3.05, 3.63) is 17.4 Å². The third kappa shape index (κ3) is 2.14. The first-order chi connectivity index (χ1) is 6.74. The highest BCUT2D eigenvalue weighted by molar-refractivity contribution is 9.09. The third-order valence-corrected chi connectivity index (χ3v) is 4.43. The largest absolute Gasteiger partial charge is 0.271 e. The molecular weight excluding hydrogens is 263 g/mol. The third-order valence-electron chi connectivity index (χ3n) is 3.05. The summed E-state index contributed by atoms with van der Waals surface area (Å²) in [5.41, 5.74) is 0.412. The number of alkyl halides is 1. The molecule has 1 aromatic heterocycles. The average molecular weight is 278 g/mol. The van der Waals surface area contributed by atoms with Crippen molar-refractivity contribution >= 4 is 27.5 Å². The molecule has 0 radical (unpaired) electrons. The molecule has 0 bridgehead atoms. The van der Waals surface area contributed by atoms with Gasteiger partial charge in [0.1, 0.15) is 0 Å². The van der Waals surface area contributed by atoms with Crippen molar-refractivity contribution in [3.63, 3.8) is 0 Å². The first-order valence-electron chi connectivity index (χ1n) is 4.98. The fourth-order valence-electron chi connectivity index (χ4n) is 2.23. The Balaban J connectivity index is 2.08. The molecule has 1 saturated carbocycles. The van der Waals surface area contributed by atoms with Crippen LogP contribution < -0.4 is 0 Å². The van der Waals surface area contributed by atoms with Gasteiger partial charge in [0.25, 0.3) is 0 Å². The second-order valence-electron chi connectivity index (χ2n) is 4.20. The van der Waals surface area contributed by atoms with Crippen LogP contribution in [0, 0.1) is 5.41 Å². The summed E-state index contributed by atoms with van der Waals surface area (Å²) in [5.74, 6) is 0. The molecule has 0 aliphatic heterocycles. The summed E-state index contributed by atoms with van der Waals surface area (Å²) in [6.07, 6.45) is 8.91. The van der Waals surface area contributed by atoms with E-state index in [0.29, 0.717) is 5.41 Å². The number of aromatic nitrogens is 2. The lowest BCUT2D eigenvalue weighted by atomic mass is 9.89. The smallest absolute Gasteiger partial charge is 0.0785 e. The Bertz CT molecular complexity index is 305. The van der Waals surface area contributed by atoms with Gasteiger partial charge in [-0.05, 0) is 18.3 Å². The SMILES string of the molecule is Clc1cnn(CC2(CBr)CCCC2)c1. The second-order valence-corrected chi connectivity index (χ2v) is 5.19. The fraction of sp³-hybridized carbons (Fsp3) is 0.700. The highest BCUT2D eigenvalue weighted by Gasteiger charge is 2.33. The van der Waals surface area contributed by atoms with Gasteiger partial charge in [-0.15, -0.1) is 0 Å². The highest BCUT2D eigenvalue weighted by Crippen LogP contribution is 2.40. The molecule has 1 fully saturated rings. The summed E-state index contributed by atoms with van der Waals surface area (Å²) in [6, 6.07) is 0. The molecule has 78 valence electrons. The van der Waals surface area contributed by atoms with E-state index in [1.807, 2.05) is 10.9 Å². The molecule has 0 N–H and O–H groups in total. The maximum atomic E-state index is 5.84. The van der Waals surface area contributed by atoms with Gasteiger partial charge in [-0.25, -0.2) is 0 Å². The lowest BCUT2D eigenvalue weighted by Crippen LogP contribution is -2.25. The van der Waals surface area contributed by atoms with E-state index in [-0.39, 0.29) is 0 Å². The first kappa shape index (κ1) is 10.5. The highest BCUT2D eigenvalue weighted by atomic mass is 79.9. The van der Waals surface area contributed by atoms with E-state index < -0.39 is 0 Å². The van der Waals surface area contributed by atoms with Gasteiger partial charge in [0, 0.05) is 18.1 Å². The van der Waals surface area contributed by atoms with Crippen molar-refractivity contribution < 1.29 is 0 Å². The molecule has 1 aliphatic rings. The summed E-state index contributed by atoms with van der Waals surface area (Å²) in [7, 11) is 0. The molecule has 2 nitrogen and oxygen atoms in total. The summed E-state index contributed by atoms with van der Waals surface area (Å²) < 4.78 is 1.97. The Labute approximate surface area is 97.8 Å². The maximum Gasteiger partial charge on any atom is 0.0785 e. The lowest BCUT2D eigenvalue weighted by molar-refractivity contribution is 0.278. The molecule has 1 aromatic rings. The molecule has 1 aliphatic carbocycles. The normalized spacial score (nSPS) is 20.1. The topological polar surface area (TPSA) is 17.8 Å². The van der Waals surface area contributed by atoms with E-state index in [4.69, 9.17) is 11.6 Å². The van der Waals surface area contributed by atoms with E-state index in [1.165, 1.54) is 25.7 Å². The van der Waals surface area contributed by atoms with Gasteiger partial charge < -0.3 is 0 Å². The number of halogens is 2. The van der Waals surface area contributed by atoms with Gasteiger partial charge in [0.05, 0.1) is 11.2 Å². The van der Waals surface area contributed by atoms with E-state index in [2.05, 4.69) is 21.0 Å². The molecule has 14 heavy (non-hydrogen) atoms. The Morgan fingerprint density at radius 3 is 2.71 bits per heavy atom. The van der Waals surface area contributed by atoms with Crippen LogP contribution in [0.4, 0.5) is 0 Å². The van der Waals surface area contributed by atoms with E-state index in [1.54, 1.807) is 6.20 Å². The predicted molar refractivity (Wildman–Crippen MR) is 61.9 cm³/mol. The van der Waals surface area contributed by atoms with Crippen molar-refractivity contribution in [2.75, 3.05) is 5.33 Å². The van der Waals surface area contributed by atoms with Crippen LogP contribution in [-0.2, 0) is 6.54 Å². The second kappa shape index (κ2) is 4.23. The molecular formula is C10H14BrClN2. The van der Waals surface area contributed by atoms with Gasteiger partial charge in [-0.2, -0.15) is 5.10 Å². The molecule has 0 aromatic carbocycles. The molecule has 0 spiro atoms. The Morgan fingerprint density at radius 1 is 1.50 bits per heavy atom. The standard InChI is InChI=1S/C10H14BrClN2/c11-7-10(3-1-2-4-10)8-14-6-9(12)5-13-14/h5-6H,1-4,7-8H2. The van der Waals surface area contributed by atoms with Crippen LogP contribution in [0.5, 0.6) is 0 Å². The van der Waals surface area contributed by atoms with Crippen LogP contribution in [0.1, 0.15) is 25.7 Å². The van der Waals surface area contributed by atoms with Crippen molar-refractivity contribution in [3.8, 4) is 0 Å². The van der Waals surface area contributed by atoms with Gasteiger partial charge >= 0.3 is 0 Å². The summed E-state index contributed by atoms with van der Waals surface area (Å²) >= 11 is 9.46. The minimum atomic E-state index is 0.412. The van der Waals surface area contributed by atoms with Crippen LogP contribution in [0.15, 0.2) is 12.4 Å². The molecule has 2 rings (SSSR count). The zero-order chi connectivity index (χ0) is 10.0. The molecule has 0 unspecified atom stereocenters. The zero-order valence-corrected chi connectivity index (χ0v) is 10.4. The minimum Gasteiger partial charge on any atom is -0.271 e.